The molecule has 0 spiro atoms. The van der Waals surface area contributed by atoms with Crippen LogP contribution in [-0.2, 0) is 0 Å². The zero-order chi connectivity index (χ0) is 14.1. The van der Waals surface area contributed by atoms with Gasteiger partial charge in [0.15, 0.2) is 0 Å². The minimum atomic E-state index is 0.786. The smallest absolute Gasteiger partial charge is 0.00901 e. The van der Waals surface area contributed by atoms with Crippen LogP contribution in [0.1, 0.15) is 72.6 Å². The van der Waals surface area contributed by atoms with E-state index in [0.717, 1.165) is 18.0 Å². The van der Waals surface area contributed by atoms with E-state index in [2.05, 4.69) is 37.9 Å². The minimum Gasteiger partial charge on any atom is -0.314 e. The van der Waals surface area contributed by atoms with Gasteiger partial charge in [-0.2, -0.15) is 0 Å². The van der Waals surface area contributed by atoms with Crippen molar-refractivity contribution in [2.75, 3.05) is 19.6 Å². The highest BCUT2D eigenvalue weighted by molar-refractivity contribution is 4.75. The van der Waals surface area contributed by atoms with Gasteiger partial charge in [-0.25, -0.2) is 0 Å². The number of hydrogen-bond donors (Lipinski definition) is 1. The van der Waals surface area contributed by atoms with Crippen LogP contribution in [0.15, 0.2) is 0 Å². The summed E-state index contributed by atoms with van der Waals surface area (Å²) >= 11 is 0. The fourth-order valence-corrected chi connectivity index (χ4v) is 3.41. The van der Waals surface area contributed by atoms with E-state index in [1.807, 2.05) is 0 Å². The van der Waals surface area contributed by atoms with Crippen molar-refractivity contribution >= 4 is 0 Å². The second-order valence-corrected chi connectivity index (χ2v) is 6.65. The lowest BCUT2D eigenvalue weighted by molar-refractivity contribution is 0.160. The van der Waals surface area contributed by atoms with E-state index in [4.69, 9.17) is 0 Å². The molecule has 0 bridgehead atoms. The number of nitrogens with one attached hydrogen (secondary N) is 1. The van der Waals surface area contributed by atoms with Crippen molar-refractivity contribution < 1.29 is 0 Å². The van der Waals surface area contributed by atoms with E-state index < -0.39 is 0 Å². The first-order chi connectivity index (χ1) is 9.17. The molecule has 0 amide bonds. The molecule has 1 unspecified atom stereocenters. The van der Waals surface area contributed by atoms with Gasteiger partial charge in [-0.1, -0.05) is 34.1 Å². The van der Waals surface area contributed by atoms with Crippen molar-refractivity contribution in [2.24, 2.45) is 5.92 Å². The molecular weight excluding hydrogens is 232 g/mol. The monoisotopic (exact) mass is 268 g/mol. The van der Waals surface area contributed by atoms with Crippen LogP contribution < -0.4 is 5.32 Å². The van der Waals surface area contributed by atoms with Gasteiger partial charge in [-0.05, 0) is 57.5 Å². The average Bonchev–Trinajstić information content (AvgIpc) is 2.40. The Labute approximate surface area is 121 Å². The third-order valence-electron chi connectivity index (χ3n) is 4.47. The van der Waals surface area contributed by atoms with Crippen molar-refractivity contribution in [3.63, 3.8) is 0 Å². The predicted molar refractivity (Wildman–Crippen MR) is 85.7 cm³/mol. The van der Waals surface area contributed by atoms with Gasteiger partial charge in [0.1, 0.15) is 0 Å². The van der Waals surface area contributed by atoms with Crippen LogP contribution in [0, 0.1) is 5.92 Å². The van der Waals surface area contributed by atoms with Crippen LogP contribution in [0.5, 0.6) is 0 Å². The number of piperidine rings is 1. The Morgan fingerprint density at radius 3 is 2.42 bits per heavy atom. The summed E-state index contributed by atoms with van der Waals surface area (Å²) < 4.78 is 0. The molecule has 0 radical (unpaired) electrons. The normalized spacial score (nSPS) is 20.7. The van der Waals surface area contributed by atoms with Gasteiger partial charge in [0.2, 0.25) is 0 Å². The molecule has 0 aromatic carbocycles. The molecule has 1 fully saturated rings. The van der Waals surface area contributed by atoms with Crippen molar-refractivity contribution in [3.8, 4) is 0 Å². The molecule has 0 aromatic heterocycles. The third-order valence-corrected chi connectivity index (χ3v) is 4.47. The average molecular weight is 268 g/mol. The quantitative estimate of drug-likeness (QED) is 0.678. The van der Waals surface area contributed by atoms with Crippen LogP contribution in [0.3, 0.4) is 0 Å². The van der Waals surface area contributed by atoms with E-state index in [1.54, 1.807) is 0 Å². The second kappa shape index (κ2) is 9.77. The molecule has 1 N–H and O–H groups in total. The molecule has 0 aliphatic carbocycles. The highest BCUT2D eigenvalue weighted by atomic mass is 15.1. The fraction of sp³-hybridized carbons (Fsp3) is 1.00. The van der Waals surface area contributed by atoms with Gasteiger partial charge in [0.25, 0.3) is 0 Å². The van der Waals surface area contributed by atoms with E-state index in [9.17, 15) is 0 Å². The number of hydrogen-bond acceptors (Lipinski definition) is 2. The summed E-state index contributed by atoms with van der Waals surface area (Å²) in [4.78, 5) is 2.74. The summed E-state index contributed by atoms with van der Waals surface area (Å²) in [5.74, 6) is 0.786. The second-order valence-electron chi connectivity index (χ2n) is 6.65. The van der Waals surface area contributed by atoms with E-state index in [0.29, 0.717) is 0 Å². The van der Waals surface area contributed by atoms with Crippen LogP contribution in [0.4, 0.5) is 0 Å². The first kappa shape index (κ1) is 17.0. The molecule has 1 atom stereocenters. The maximum Gasteiger partial charge on any atom is 0.00901 e. The fourth-order valence-electron chi connectivity index (χ4n) is 3.41. The van der Waals surface area contributed by atoms with Gasteiger partial charge in [-0.15, -0.1) is 0 Å². The molecule has 1 aliphatic heterocycles. The highest BCUT2D eigenvalue weighted by Gasteiger charge is 2.17. The van der Waals surface area contributed by atoms with E-state index >= 15 is 0 Å². The molecular formula is C17H36N2. The van der Waals surface area contributed by atoms with Crippen LogP contribution in [-0.4, -0.2) is 36.6 Å². The lowest BCUT2D eigenvalue weighted by Crippen LogP contribution is -2.39. The van der Waals surface area contributed by atoms with Gasteiger partial charge in [0, 0.05) is 18.6 Å². The molecule has 1 heterocycles. The molecule has 19 heavy (non-hydrogen) atoms. The first-order valence-corrected chi connectivity index (χ1v) is 8.64. The minimum absolute atomic E-state index is 0.786. The van der Waals surface area contributed by atoms with Crippen molar-refractivity contribution in [1.82, 2.24) is 10.2 Å². The summed E-state index contributed by atoms with van der Waals surface area (Å²) in [6, 6.07) is 1.60. The molecule has 1 rings (SSSR count). The third kappa shape index (κ3) is 6.76. The Kier molecular flexibility index (Phi) is 8.72. The summed E-state index contributed by atoms with van der Waals surface area (Å²) in [6.45, 7) is 13.2. The largest absolute Gasteiger partial charge is 0.314 e. The summed E-state index contributed by atoms with van der Waals surface area (Å²) in [7, 11) is 0. The Balaban J connectivity index is 2.30. The topological polar surface area (TPSA) is 15.3 Å². The molecule has 1 saturated heterocycles. The highest BCUT2D eigenvalue weighted by Crippen LogP contribution is 2.15. The molecule has 0 saturated carbocycles. The standard InChI is InChI=1S/C17H36N2/c1-5-17(6-2)19(14-15(3)4)13-9-11-16-10-7-8-12-18-16/h15-18H,5-14H2,1-4H3. The molecule has 114 valence electrons. The van der Waals surface area contributed by atoms with Crippen molar-refractivity contribution in [2.45, 2.75) is 84.7 Å². The van der Waals surface area contributed by atoms with Crippen molar-refractivity contribution in [1.29, 1.82) is 0 Å². The predicted octanol–water partition coefficient (Wildman–Crippen LogP) is 4.06. The van der Waals surface area contributed by atoms with Gasteiger partial charge < -0.3 is 10.2 Å². The summed E-state index contributed by atoms with van der Waals surface area (Å²) in [5, 5.41) is 3.67. The Morgan fingerprint density at radius 2 is 1.89 bits per heavy atom. The zero-order valence-electron chi connectivity index (χ0n) is 13.8. The van der Waals surface area contributed by atoms with Crippen LogP contribution in [0.2, 0.25) is 0 Å². The Morgan fingerprint density at radius 1 is 1.16 bits per heavy atom. The lowest BCUT2D eigenvalue weighted by Gasteiger charge is -2.32. The van der Waals surface area contributed by atoms with Gasteiger partial charge in [-0.3, -0.25) is 0 Å². The summed E-state index contributed by atoms with van der Waals surface area (Å²) in [6.07, 6.45) is 9.53. The molecule has 1 aliphatic rings. The maximum absolute atomic E-state index is 3.67. The van der Waals surface area contributed by atoms with Gasteiger partial charge in [0.05, 0.1) is 0 Å². The number of nitrogens with zero attached hydrogens (tertiary/aromatic N) is 1. The van der Waals surface area contributed by atoms with Crippen molar-refractivity contribution in [3.05, 3.63) is 0 Å². The van der Waals surface area contributed by atoms with E-state index in [1.165, 1.54) is 64.6 Å². The van der Waals surface area contributed by atoms with Crippen LogP contribution >= 0.6 is 0 Å². The Bertz CT molecular complexity index is 205. The van der Waals surface area contributed by atoms with Crippen LogP contribution in [0.25, 0.3) is 0 Å². The number of rotatable bonds is 9. The molecule has 2 heteroatoms. The van der Waals surface area contributed by atoms with Gasteiger partial charge >= 0.3 is 0 Å². The maximum atomic E-state index is 3.67. The molecule has 2 nitrogen and oxygen atoms in total. The zero-order valence-corrected chi connectivity index (χ0v) is 13.8. The SMILES string of the molecule is CCC(CC)N(CCCC1CCCCN1)CC(C)C. The summed E-state index contributed by atoms with van der Waals surface area (Å²) in [5.41, 5.74) is 0. The first-order valence-electron chi connectivity index (χ1n) is 8.64. The lowest BCUT2D eigenvalue weighted by atomic mass is 10.00. The van der Waals surface area contributed by atoms with E-state index in [-0.39, 0.29) is 0 Å². The Hall–Kier alpha value is -0.0800. The molecule has 0 aromatic rings.